The summed E-state index contributed by atoms with van der Waals surface area (Å²) < 4.78 is 40.0. The first-order valence-corrected chi connectivity index (χ1v) is 18.1. The number of aromatic nitrogens is 5. The predicted octanol–water partition coefficient (Wildman–Crippen LogP) is 2.44. The van der Waals surface area contributed by atoms with Gasteiger partial charge in [-0.2, -0.15) is 5.10 Å². The van der Waals surface area contributed by atoms with Gasteiger partial charge in [-0.1, -0.05) is 0 Å². The zero-order valence-corrected chi connectivity index (χ0v) is 30.2. The maximum atomic E-state index is 15.9. The molecular formula is C37H39F2N11O5. The first-order valence-electron chi connectivity index (χ1n) is 18.1. The zero-order valence-electron chi connectivity index (χ0n) is 30.2. The lowest BCUT2D eigenvalue weighted by atomic mass is 9.94. The molecule has 3 saturated heterocycles. The molecule has 0 spiro atoms. The molecule has 7 heterocycles. The van der Waals surface area contributed by atoms with Crippen LogP contribution in [0.15, 0.2) is 61.3 Å². The van der Waals surface area contributed by atoms with Crippen LogP contribution in [0.25, 0.3) is 11.3 Å². The fraction of sp³-hybridized carbons (Fsp3) is 0.378. The summed E-state index contributed by atoms with van der Waals surface area (Å²) in [7, 11) is 0. The molecule has 18 heteroatoms. The van der Waals surface area contributed by atoms with Crippen molar-refractivity contribution in [2.75, 3.05) is 60.9 Å². The van der Waals surface area contributed by atoms with Crippen LogP contribution in [0, 0.1) is 5.82 Å². The topological polar surface area (TPSA) is 171 Å². The van der Waals surface area contributed by atoms with Crippen LogP contribution in [0.1, 0.15) is 47.4 Å². The number of imidazole rings is 1. The van der Waals surface area contributed by atoms with Gasteiger partial charge in [-0.25, -0.2) is 23.3 Å². The molecule has 1 aromatic carbocycles. The molecule has 1 atom stereocenters. The number of piperidine rings is 1. The van der Waals surface area contributed by atoms with Crippen LogP contribution in [-0.4, -0.2) is 116 Å². The van der Waals surface area contributed by atoms with E-state index in [4.69, 9.17) is 9.72 Å². The Balaban J connectivity index is 0.878. The van der Waals surface area contributed by atoms with Crippen molar-refractivity contribution < 1.29 is 32.7 Å². The lowest BCUT2D eigenvalue weighted by Gasteiger charge is -2.49. The maximum Gasteiger partial charge on any atom is 0.261 e. The SMILES string of the molecule is CC(C)Oc1cc2nc(N3CCN(CC4(F)CN(c5ccc(F)c(C(=O)NC6CCC(=O)NC6=O)c5)C4)CC3)cn2cc1NC(=O)c1cnn2cccnc12. The Kier molecular flexibility index (Phi) is 9.28. The molecule has 0 aliphatic carbocycles. The van der Waals surface area contributed by atoms with Crippen molar-refractivity contribution in [2.45, 2.75) is 44.5 Å². The highest BCUT2D eigenvalue weighted by Gasteiger charge is 2.45. The third kappa shape index (κ3) is 7.36. The highest BCUT2D eigenvalue weighted by molar-refractivity contribution is 6.08. The Hall–Kier alpha value is -6.17. The largest absolute Gasteiger partial charge is 0.489 e. The van der Waals surface area contributed by atoms with Crippen LogP contribution < -0.4 is 30.5 Å². The minimum Gasteiger partial charge on any atom is -0.489 e. The van der Waals surface area contributed by atoms with Crippen LogP contribution in [-0.2, 0) is 9.59 Å². The van der Waals surface area contributed by atoms with E-state index in [1.54, 1.807) is 35.6 Å². The van der Waals surface area contributed by atoms with Crippen LogP contribution in [0.5, 0.6) is 5.75 Å². The van der Waals surface area contributed by atoms with E-state index in [2.05, 4.69) is 35.8 Å². The van der Waals surface area contributed by atoms with Gasteiger partial charge in [0.2, 0.25) is 11.8 Å². The van der Waals surface area contributed by atoms with Crippen molar-refractivity contribution in [3.8, 4) is 5.75 Å². The average molecular weight is 756 g/mol. The van der Waals surface area contributed by atoms with Gasteiger partial charge >= 0.3 is 0 Å². The summed E-state index contributed by atoms with van der Waals surface area (Å²) in [5, 5.41) is 11.8. The van der Waals surface area contributed by atoms with Gasteiger partial charge in [0.1, 0.15) is 40.3 Å². The molecule has 3 N–H and O–H groups in total. The van der Waals surface area contributed by atoms with Gasteiger partial charge in [-0.15, -0.1) is 0 Å². The molecule has 1 unspecified atom stereocenters. The number of piperazine rings is 1. The number of amides is 4. The quantitative estimate of drug-likeness (QED) is 0.179. The lowest BCUT2D eigenvalue weighted by Crippen LogP contribution is -2.65. The second-order valence-electron chi connectivity index (χ2n) is 14.4. The van der Waals surface area contributed by atoms with E-state index in [0.717, 1.165) is 11.9 Å². The summed E-state index contributed by atoms with van der Waals surface area (Å²) in [6, 6.07) is 6.59. The predicted molar refractivity (Wildman–Crippen MR) is 197 cm³/mol. The van der Waals surface area contributed by atoms with Gasteiger partial charge in [-0.05, 0) is 44.5 Å². The van der Waals surface area contributed by atoms with Crippen LogP contribution >= 0.6 is 0 Å². The Labute approximate surface area is 313 Å². The Morgan fingerprint density at radius 3 is 2.62 bits per heavy atom. The summed E-state index contributed by atoms with van der Waals surface area (Å²) >= 11 is 0. The van der Waals surface area contributed by atoms with E-state index in [9.17, 15) is 23.6 Å². The third-order valence-electron chi connectivity index (χ3n) is 9.93. The fourth-order valence-corrected chi connectivity index (χ4v) is 7.18. The average Bonchev–Trinajstić information content (AvgIpc) is 3.76. The van der Waals surface area contributed by atoms with Crippen molar-refractivity contribution in [2.24, 2.45) is 0 Å². The third-order valence-corrected chi connectivity index (χ3v) is 9.93. The highest BCUT2D eigenvalue weighted by Crippen LogP contribution is 2.34. The number of carbonyl (C=O) groups excluding carboxylic acids is 4. The lowest BCUT2D eigenvalue weighted by molar-refractivity contribution is -0.134. The van der Waals surface area contributed by atoms with Crippen molar-refractivity contribution in [1.82, 2.24) is 39.5 Å². The number of anilines is 3. The van der Waals surface area contributed by atoms with Crippen LogP contribution in [0.2, 0.25) is 0 Å². The summed E-state index contributed by atoms with van der Waals surface area (Å²) in [5.74, 6) is -1.77. The van der Waals surface area contributed by atoms with Gasteiger partial charge in [0.05, 0.1) is 37.2 Å². The standard InChI is InChI=1S/C37H39F2N11O5/c1-22(2)55-29-15-30-44-31(18-48(30)17-28(29)43-35(53)25-16-41-50-9-3-8-40-33(25)50)47-12-10-46(11-13-47)19-37(39)20-49(21-37)23-4-5-26(38)24(14-23)34(52)42-27-6-7-32(51)45-36(27)54/h3-5,8-9,14-18,22,27H,6-7,10-13,19-21H2,1-2H3,(H,42,52)(H,43,53)(H,45,51,54). The number of rotatable bonds is 10. The fourth-order valence-electron chi connectivity index (χ4n) is 7.18. The first kappa shape index (κ1) is 35.8. The molecule has 3 fully saturated rings. The molecule has 4 aromatic heterocycles. The normalized spacial score (nSPS) is 18.7. The minimum absolute atomic E-state index is 0.0738. The van der Waals surface area contributed by atoms with E-state index in [0.29, 0.717) is 60.2 Å². The highest BCUT2D eigenvalue weighted by atomic mass is 19.1. The number of hydrogen-bond donors (Lipinski definition) is 3. The van der Waals surface area contributed by atoms with Crippen LogP contribution in [0.4, 0.5) is 26.0 Å². The van der Waals surface area contributed by atoms with Gasteiger partial charge in [0.15, 0.2) is 11.3 Å². The summed E-state index contributed by atoms with van der Waals surface area (Å²) in [6.07, 6.45) is 8.48. The van der Waals surface area contributed by atoms with Crippen molar-refractivity contribution in [1.29, 1.82) is 0 Å². The molecule has 55 heavy (non-hydrogen) atoms. The number of benzene rings is 1. The zero-order chi connectivity index (χ0) is 38.4. The maximum absolute atomic E-state index is 15.9. The number of fused-ring (bicyclic) bond motifs is 2. The smallest absolute Gasteiger partial charge is 0.261 e. The van der Waals surface area contributed by atoms with E-state index in [1.807, 2.05) is 24.4 Å². The van der Waals surface area contributed by atoms with Gasteiger partial charge in [0, 0.05) is 69.5 Å². The Morgan fingerprint density at radius 1 is 1.05 bits per heavy atom. The van der Waals surface area contributed by atoms with Crippen molar-refractivity contribution in [3.05, 3.63) is 78.3 Å². The number of carbonyl (C=O) groups is 4. The second kappa shape index (κ2) is 14.2. The molecule has 3 aliphatic heterocycles. The Morgan fingerprint density at radius 2 is 1.85 bits per heavy atom. The number of imide groups is 1. The monoisotopic (exact) mass is 755 g/mol. The van der Waals surface area contributed by atoms with E-state index in [-0.39, 0.29) is 50.1 Å². The molecule has 4 amide bonds. The minimum atomic E-state index is -1.50. The van der Waals surface area contributed by atoms with Crippen molar-refractivity contribution in [3.63, 3.8) is 0 Å². The number of alkyl halides is 1. The molecule has 5 aromatic rings. The second-order valence-corrected chi connectivity index (χ2v) is 14.4. The van der Waals surface area contributed by atoms with Gasteiger partial charge < -0.3 is 29.6 Å². The summed E-state index contributed by atoms with van der Waals surface area (Å²) in [4.78, 5) is 64.7. The number of nitrogens with one attached hydrogen (secondary N) is 3. The number of ether oxygens (including phenoxy) is 1. The summed E-state index contributed by atoms with van der Waals surface area (Å²) in [5.41, 5.74) is 0.597. The van der Waals surface area contributed by atoms with Gasteiger partial charge in [0.25, 0.3) is 11.8 Å². The molecule has 0 radical (unpaired) electrons. The molecule has 16 nitrogen and oxygen atoms in total. The number of halogens is 2. The molecule has 0 saturated carbocycles. The number of pyridine rings is 1. The summed E-state index contributed by atoms with van der Waals surface area (Å²) in [6.45, 7) is 6.62. The first-order chi connectivity index (χ1) is 26.4. The van der Waals surface area contributed by atoms with Crippen molar-refractivity contribution >= 4 is 52.1 Å². The van der Waals surface area contributed by atoms with Crippen LogP contribution in [0.3, 0.4) is 0 Å². The van der Waals surface area contributed by atoms with E-state index >= 15 is 4.39 Å². The van der Waals surface area contributed by atoms with E-state index in [1.165, 1.54) is 22.8 Å². The molecule has 8 rings (SSSR count). The number of nitrogens with zero attached hydrogens (tertiary/aromatic N) is 8. The molecule has 3 aliphatic rings. The molecular weight excluding hydrogens is 716 g/mol. The molecule has 0 bridgehead atoms. The number of hydrogen-bond acceptors (Lipinski definition) is 11. The van der Waals surface area contributed by atoms with E-state index < -0.39 is 35.2 Å². The van der Waals surface area contributed by atoms with Gasteiger partial charge in [-0.3, -0.25) is 29.4 Å². The molecule has 286 valence electrons. The Bertz CT molecular complexity index is 2310.